The highest BCUT2D eigenvalue weighted by molar-refractivity contribution is 5.83. The van der Waals surface area contributed by atoms with Gasteiger partial charge in [0, 0.05) is 20.0 Å². The Morgan fingerprint density at radius 2 is 2.05 bits per heavy atom. The summed E-state index contributed by atoms with van der Waals surface area (Å²) in [5.41, 5.74) is 2.24. The quantitative estimate of drug-likeness (QED) is 0.791. The molecule has 0 aliphatic heterocycles. The minimum atomic E-state index is -0.206. The summed E-state index contributed by atoms with van der Waals surface area (Å²) in [6, 6.07) is 7.93. The number of carbonyl (C=O) groups is 2. The van der Waals surface area contributed by atoms with E-state index < -0.39 is 0 Å². The van der Waals surface area contributed by atoms with Crippen molar-refractivity contribution in [1.82, 2.24) is 10.2 Å². The summed E-state index contributed by atoms with van der Waals surface area (Å²) in [6.07, 6.45) is 1.68. The maximum atomic E-state index is 12.0. The number of aryl methyl sites for hydroxylation is 1. The Hall–Kier alpha value is -2.10. The Balaban J connectivity index is 2.72. The van der Waals surface area contributed by atoms with E-state index in [2.05, 4.69) is 11.9 Å². The number of hydrogen-bond acceptors (Lipinski definition) is 2. The van der Waals surface area contributed by atoms with Crippen LogP contribution in [-0.4, -0.2) is 29.8 Å². The molecular weight excluding hydrogens is 240 g/mol. The summed E-state index contributed by atoms with van der Waals surface area (Å²) in [7, 11) is 0. The molecule has 1 aromatic carbocycles. The van der Waals surface area contributed by atoms with Crippen molar-refractivity contribution in [2.75, 3.05) is 13.1 Å². The first kappa shape index (κ1) is 15.0. The largest absolute Gasteiger partial charge is 0.347 e. The average molecular weight is 260 g/mol. The molecule has 0 saturated carbocycles. The third kappa shape index (κ3) is 4.95. The summed E-state index contributed by atoms with van der Waals surface area (Å²) in [6.45, 7) is 8.08. The van der Waals surface area contributed by atoms with Crippen molar-refractivity contribution in [1.29, 1.82) is 0 Å². The fraction of sp³-hybridized carbons (Fsp3) is 0.333. The van der Waals surface area contributed by atoms with E-state index in [1.165, 1.54) is 6.92 Å². The van der Waals surface area contributed by atoms with Gasteiger partial charge >= 0.3 is 0 Å². The van der Waals surface area contributed by atoms with Gasteiger partial charge in [-0.25, -0.2) is 0 Å². The lowest BCUT2D eigenvalue weighted by Gasteiger charge is -2.22. The molecule has 4 nitrogen and oxygen atoms in total. The van der Waals surface area contributed by atoms with Crippen LogP contribution < -0.4 is 5.32 Å². The zero-order valence-electron chi connectivity index (χ0n) is 11.5. The minimum Gasteiger partial charge on any atom is -0.347 e. The van der Waals surface area contributed by atoms with Crippen LogP contribution in [0, 0.1) is 6.92 Å². The number of nitrogens with one attached hydrogen (secondary N) is 1. The van der Waals surface area contributed by atoms with Crippen molar-refractivity contribution in [2.24, 2.45) is 0 Å². The van der Waals surface area contributed by atoms with Crippen LogP contribution in [0.25, 0.3) is 0 Å². The molecule has 0 saturated heterocycles. The number of nitrogens with zero attached hydrogens (tertiary/aromatic N) is 1. The van der Waals surface area contributed by atoms with E-state index in [0.717, 1.165) is 11.1 Å². The molecule has 1 rings (SSSR count). The second-order valence-corrected chi connectivity index (χ2v) is 4.40. The highest BCUT2D eigenvalue weighted by atomic mass is 16.2. The Bertz CT molecular complexity index is 469. The molecule has 0 aliphatic rings. The predicted molar refractivity (Wildman–Crippen MR) is 75.5 cm³/mol. The van der Waals surface area contributed by atoms with Gasteiger partial charge in [-0.3, -0.25) is 9.59 Å². The van der Waals surface area contributed by atoms with Gasteiger partial charge in [-0.05, 0) is 18.1 Å². The highest BCUT2D eigenvalue weighted by Gasteiger charge is 2.13. The van der Waals surface area contributed by atoms with Crippen molar-refractivity contribution in [3.05, 3.63) is 48.0 Å². The van der Waals surface area contributed by atoms with Crippen LogP contribution >= 0.6 is 0 Å². The molecule has 0 atom stereocenters. The lowest BCUT2D eigenvalue weighted by Crippen LogP contribution is -2.39. The van der Waals surface area contributed by atoms with Gasteiger partial charge in [-0.1, -0.05) is 30.3 Å². The van der Waals surface area contributed by atoms with Gasteiger partial charge < -0.3 is 10.2 Å². The molecule has 0 spiro atoms. The highest BCUT2D eigenvalue weighted by Crippen LogP contribution is 2.10. The zero-order chi connectivity index (χ0) is 14.3. The zero-order valence-corrected chi connectivity index (χ0v) is 11.5. The van der Waals surface area contributed by atoms with Crippen molar-refractivity contribution in [3.63, 3.8) is 0 Å². The van der Waals surface area contributed by atoms with Crippen molar-refractivity contribution < 1.29 is 9.59 Å². The van der Waals surface area contributed by atoms with Gasteiger partial charge in [0.15, 0.2) is 0 Å². The normalized spacial score (nSPS) is 9.79. The average Bonchev–Trinajstić information content (AvgIpc) is 2.38. The van der Waals surface area contributed by atoms with Crippen LogP contribution in [0.4, 0.5) is 0 Å². The van der Waals surface area contributed by atoms with Crippen LogP contribution in [-0.2, 0) is 16.1 Å². The molecule has 0 radical (unpaired) electrons. The summed E-state index contributed by atoms with van der Waals surface area (Å²) in [5.74, 6) is -0.318. The molecule has 1 N–H and O–H groups in total. The number of rotatable bonds is 6. The molecule has 0 fully saturated rings. The first-order chi connectivity index (χ1) is 9.04. The summed E-state index contributed by atoms with van der Waals surface area (Å²) in [5, 5.41) is 2.52. The number of hydrogen-bond donors (Lipinski definition) is 1. The summed E-state index contributed by atoms with van der Waals surface area (Å²) < 4.78 is 0. The monoisotopic (exact) mass is 260 g/mol. The first-order valence-electron chi connectivity index (χ1n) is 6.22. The van der Waals surface area contributed by atoms with E-state index in [1.54, 1.807) is 11.0 Å². The molecule has 4 heteroatoms. The van der Waals surface area contributed by atoms with E-state index in [1.807, 2.05) is 31.2 Å². The minimum absolute atomic E-state index is 0.0229. The molecule has 0 heterocycles. The molecule has 0 aromatic heterocycles. The van der Waals surface area contributed by atoms with Crippen LogP contribution in [0.1, 0.15) is 18.1 Å². The Kier molecular flexibility index (Phi) is 5.79. The molecule has 19 heavy (non-hydrogen) atoms. The van der Waals surface area contributed by atoms with E-state index >= 15 is 0 Å². The third-order valence-electron chi connectivity index (χ3n) is 2.81. The molecule has 0 bridgehead atoms. The first-order valence-corrected chi connectivity index (χ1v) is 6.22. The second-order valence-electron chi connectivity index (χ2n) is 4.40. The lowest BCUT2D eigenvalue weighted by molar-refractivity contribution is -0.132. The van der Waals surface area contributed by atoms with Crippen LogP contribution in [0.15, 0.2) is 36.9 Å². The van der Waals surface area contributed by atoms with E-state index in [9.17, 15) is 9.59 Å². The van der Waals surface area contributed by atoms with Gasteiger partial charge in [0.05, 0.1) is 6.54 Å². The van der Waals surface area contributed by atoms with E-state index in [0.29, 0.717) is 13.1 Å². The second kappa shape index (κ2) is 7.36. The standard InChI is InChI=1S/C15H20N2O2/c1-4-9-17(15(19)10-16-13(3)18)11-14-8-6-5-7-12(14)2/h4-8H,1,9-11H2,2-3H3,(H,16,18). The Morgan fingerprint density at radius 1 is 1.37 bits per heavy atom. The number of carbonyl (C=O) groups excluding carboxylic acids is 2. The molecule has 0 aliphatic carbocycles. The molecule has 1 aromatic rings. The fourth-order valence-corrected chi connectivity index (χ4v) is 1.72. The molecule has 102 valence electrons. The lowest BCUT2D eigenvalue weighted by atomic mass is 10.1. The van der Waals surface area contributed by atoms with E-state index in [-0.39, 0.29) is 18.4 Å². The number of amides is 2. The van der Waals surface area contributed by atoms with Gasteiger partial charge in [0.25, 0.3) is 0 Å². The summed E-state index contributed by atoms with van der Waals surface area (Å²) >= 11 is 0. The maximum Gasteiger partial charge on any atom is 0.242 e. The van der Waals surface area contributed by atoms with Crippen LogP contribution in [0.3, 0.4) is 0 Å². The Morgan fingerprint density at radius 3 is 2.63 bits per heavy atom. The fourth-order valence-electron chi connectivity index (χ4n) is 1.72. The molecule has 0 unspecified atom stereocenters. The van der Waals surface area contributed by atoms with Gasteiger partial charge in [-0.15, -0.1) is 6.58 Å². The SMILES string of the molecule is C=CCN(Cc1ccccc1C)C(=O)CNC(C)=O. The predicted octanol–water partition coefficient (Wildman–Crippen LogP) is 1.65. The van der Waals surface area contributed by atoms with Gasteiger partial charge in [0.1, 0.15) is 0 Å². The van der Waals surface area contributed by atoms with Crippen molar-refractivity contribution >= 4 is 11.8 Å². The van der Waals surface area contributed by atoms with E-state index in [4.69, 9.17) is 0 Å². The smallest absolute Gasteiger partial charge is 0.242 e. The molecular formula is C15H20N2O2. The van der Waals surface area contributed by atoms with Crippen LogP contribution in [0.5, 0.6) is 0 Å². The number of benzene rings is 1. The van der Waals surface area contributed by atoms with Gasteiger partial charge in [0.2, 0.25) is 11.8 Å². The van der Waals surface area contributed by atoms with Crippen LogP contribution in [0.2, 0.25) is 0 Å². The van der Waals surface area contributed by atoms with Crippen molar-refractivity contribution in [3.8, 4) is 0 Å². The van der Waals surface area contributed by atoms with Crippen molar-refractivity contribution in [2.45, 2.75) is 20.4 Å². The maximum absolute atomic E-state index is 12.0. The Labute approximate surface area is 114 Å². The van der Waals surface area contributed by atoms with Gasteiger partial charge in [-0.2, -0.15) is 0 Å². The summed E-state index contributed by atoms with van der Waals surface area (Å²) in [4.78, 5) is 24.5. The third-order valence-corrected chi connectivity index (χ3v) is 2.81. The topological polar surface area (TPSA) is 49.4 Å². The molecule has 2 amide bonds.